The lowest BCUT2D eigenvalue weighted by Gasteiger charge is -2.18. The SMILES string of the molecule is CC(C)c1ccc(OCC(=O)N[C@H]2CCN(c3nccn4cnnc34)C2)cc1. The molecule has 1 aliphatic rings. The molecule has 3 aromatic rings. The minimum Gasteiger partial charge on any atom is -0.484 e. The Labute approximate surface area is 163 Å². The van der Waals surface area contributed by atoms with Gasteiger partial charge < -0.3 is 15.0 Å². The van der Waals surface area contributed by atoms with Crippen LogP contribution in [0.3, 0.4) is 0 Å². The fourth-order valence-corrected chi connectivity index (χ4v) is 3.41. The molecule has 4 rings (SSSR count). The van der Waals surface area contributed by atoms with E-state index in [4.69, 9.17) is 4.74 Å². The van der Waals surface area contributed by atoms with Gasteiger partial charge in [0.05, 0.1) is 0 Å². The number of hydrogen-bond donors (Lipinski definition) is 1. The lowest BCUT2D eigenvalue weighted by atomic mass is 10.0. The standard InChI is InChI=1S/C20H24N6O2/c1-14(2)15-3-5-17(6-4-15)28-12-18(27)23-16-7-9-25(11-16)19-20-24-22-13-26(20)10-8-21-19/h3-6,8,10,13-14,16H,7,9,11-12H2,1-2H3,(H,23,27)/t16-/m0/s1. The van der Waals surface area contributed by atoms with Crippen LogP contribution in [0.4, 0.5) is 5.82 Å². The van der Waals surface area contributed by atoms with Crippen molar-refractivity contribution in [3.8, 4) is 5.75 Å². The van der Waals surface area contributed by atoms with Crippen LogP contribution in [-0.4, -0.2) is 51.2 Å². The molecule has 0 bridgehead atoms. The Morgan fingerprint density at radius 3 is 2.93 bits per heavy atom. The number of amides is 1. The van der Waals surface area contributed by atoms with Gasteiger partial charge in [-0.25, -0.2) is 4.98 Å². The van der Waals surface area contributed by atoms with E-state index in [1.165, 1.54) is 5.56 Å². The number of nitrogens with one attached hydrogen (secondary N) is 1. The molecular formula is C20H24N6O2. The van der Waals surface area contributed by atoms with Crippen LogP contribution in [0.5, 0.6) is 5.75 Å². The van der Waals surface area contributed by atoms with Gasteiger partial charge in [0.2, 0.25) is 5.65 Å². The van der Waals surface area contributed by atoms with Crippen molar-refractivity contribution in [2.75, 3.05) is 24.6 Å². The number of nitrogens with zero attached hydrogens (tertiary/aromatic N) is 5. The van der Waals surface area contributed by atoms with E-state index >= 15 is 0 Å². The van der Waals surface area contributed by atoms with E-state index in [1.807, 2.05) is 34.9 Å². The molecule has 0 radical (unpaired) electrons. The number of aromatic nitrogens is 4. The van der Waals surface area contributed by atoms with Gasteiger partial charge in [0.25, 0.3) is 5.91 Å². The summed E-state index contributed by atoms with van der Waals surface area (Å²) in [5.41, 5.74) is 1.97. The van der Waals surface area contributed by atoms with Crippen LogP contribution in [0, 0.1) is 0 Å². The van der Waals surface area contributed by atoms with Gasteiger partial charge in [-0.2, -0.15) is 0 Å². The highest BCUT2D eigenvalue weighted by molar-refractivity contribution is 5.78. The van der Waals surface area contributed by atoms with Crippen molar-refractivity contribution in [3.63, 3.8) is 0 Å². The molecule has 146 valence electrons. The highest BCUT2D eigenvalue weighted by Gasteiger charge is 2.26. The van der Waals surface area contributed by atoms with Gasteiger partial charge >= 0.3 is 0 Å². The van der Waals surface area contributed by atoms with Crippen LogP contribution in [-0.2, 0) is 4.79 Å². The van der Waals surface area contributed by atoms with E-state index in [9.17, 15) is 4.79 Å². The zero-order valence-corrected chi connectivity index (χ0v) is 16.1. The van der Waals surface area contributed by atoms with Gasteiger partial charge in [-0.1, -0.05) is 26.0 Å². The summed E-state index contributed by atoms with van der Waals surface area (Å²) in [6, 6.07) is 7.94. The second-order valence-electron chi connectivity index (χ2n) is 7.32. The van der Waals surface area contributed by atoms with E-state index in [1.54, 1.807) is 12.5 Å². The van der Waals surface area contributed by atoms with E-state index in [0.717, 1.165) is 24.4 Å². The zero-order valence-electron chi connectivity index (χ0n) is 16.1. The number of anilines is 1. The molecule has 8 heteroatoms. The molecule has 1 amide bonds. The second kappa shape index (κ2) is 7.84. The Morgan fingerprint density at radius 1 is 1.32 bits per heavy atom. The minimum absolute atomic E-state index is 0.00946. The molecule has 1 saturated heterocycles. The molecule has 8 nitrogen and oxygen atoms in total. The fourth-order valence-electron chi connectivity index (χ4n) is 3.41. The summed E-state index contributed by atoms with van der Waals surface area (Å²) in [7, 11) is 0. The molecule has 3 heterocycles. The van der Waals surface area contributed by atoms with Gasteiger partial charge in [0.1, 0.15) is 12.1 Å². The van der Waals surface area contributed by atoms with Crippen molar-refractivity contribution in [2.24, 2.45) is 0 Å². The maximum Gasteiger partial charge on any atom is 0.258 e. The first kappa shape index (κ1) is 18.2. The van der Waals surface area contributed by atoms with Crippen molar-refractivity contribution < 1.29 is 9.53 Å². The Bertz CT molecular complexity index is 953. The molecule has 0 unspecified atom stereocenters. The molecule has 0 spiro atoms. The summed E-state index contributed by atoms with van der Waals surface area (Å²) in [5.74, 6) is 1.85. The van der Waals surface area contributed by atoms with Crippen LogP contribution in [0.2, 0.25) is 0 Å². The van der Waals surface area contributed by atoms with E-state index in [0.29, 0.717) is 18.2 Å². The highest BCUT2D eigenvalue weighted by atomic mass is 16.5. The third-order valence-electron chi connectivity index (χ3n) is 4.97. The molecule has 0 aliphatic carbocycles. The Morgan fingerprint density at radius 2 is 2.14 bits per heavy atom. The molecule has 28 heavy (non-hydrogen) atoms. The average molecular weight is 380 g/mol. The number of benzene rings is 1. The quantitative estimate of drug-likeness (QED) is 0.704. The van der Waals surface area contributed by atoms with E-state index in [-0.39, 0.29) is 18.6 Å². The summed E-state index contributed by atoms with van der Waals surface area (Å²) < 4.78 is 7.45. The smallest absolute Gasteiger partial charge is 0.258 e. The van der Waals surface area contributed by atoms with Crippen LogP contribution in [0.15, 0.2) is 43.0 Å². The van der Waals surface area contributed by atoms with Gasteiger partial charge in [-0.3, -0.25) is 9.20 Å². The van der Waals surface area contributed by atoms with E-state index < -0.39 is 0 Å². The minimum atomic E-state index is -0.117. The van der Waals surface area contributed by atoms with Crippen LogP contribution < -0.4 is 15.0 Å². The number of carbonyl (C=O) groups excluding carboxylic acids is 1. The predicted molar refractivity (Wildman–Crippen MR) is 106 cm³/mol. The third kappa shape index (κ3) is 3.90. The first-order valence-electron chi connectivity index (χ1n) is 9.51. The van der Waals surface area contributed by atoms with Crippen molar-refractivity contribution in [1.82, 2.24) is 24.9 Å². The Kier molecular flexibility index (Phi) is 5.10. The summed E-state index contributed by atoms with van der Waals surface area (Å²) in [4.78, 5) is 18.8. The maximum atomic E-state index is 12.3. The topological polar surface area (TPSA) is 84.7 Å². The van der Waals surface area contributed by atoms with E-state index in [2.05, 4.69) is 39.2 Å². The molecule has 1 atom stereocenters. The van der Waals surface area contributed by atoms with Crippen molar-refractivity contribution in [1.29, 1.82) is 0 Å². The van der Waals surface area contributed by atoms with Crippen LogP contribution in [0.1, 0.15) is 31.7 Å². The van der Waals surface area contributed by atoms with Crippen molar-refractivity contribution >= 4 is 17.4 Å². The summed E-state index contributed by atoms with van der Waals surface area (Å²) in [6.07, 6.45) is 6.06. The number of ether oxygens (including phenoxy) is 1. The zero-order chi connectivity index (χ0) is 19.5. The fraction of sp³-hybridized carbons (Fsp3) is 0.400. The van der Waals surface area contributed by atoms with Crippen molar-refractivity contribution in [2.45, 2.75) is 32.2 Å². The lowest BCUT2D eigenvalue weighted by molar-refractivity contribution is -0.123. The van der Waals surface area contributed by atoms with Gasteiger partial charge in [0, 0.05) is 31.5 Å². The second-order valence-corrected chi connectivity index (χ2v) is 7.32. The van der Waals surface area contributed by atoms with Crippen LogP contribution >= 0.6 is 0 Å². The van der Waals surface area contributed by atoms with Crippen molar-refractivity contribution in [3.05, 3.63) is 48.5 Å². The monoisotopic (exact) mass is 380 g/mol. The lowest BCUT2D eigenvalue weighted by Crippen LogP contribution is -2.39. The largest absolute Gasteiger partial charge is 0.484 e. The summed E-state index contributed by atoms with van der Waals surface area (Å²) >= 11 is 0. The third-order valence-corrected chi connectivity index (χ3v) is 4.97. The van der Waals surface area contributed by atoms with Crippen LogP contribution in [0.25, 0.3) is 5.65 Å². The van der Waals surface area contributed by atoms with Gasteiger partial charge in [-0.15, -0.1) is 10.2 Å². The summed E-state index contributed by atoms with van der Waals surface area (Å²) in [6.45, 7) is 5.80. The van der Waals surface area contributed by atoms with Gasteiger partial charge in [0.15, 0.2) is 12.4 Å². The Balaban J connectivity index is 1.29. The first-order valence-corrected chi connectivity index (χ1v) is 9.51. The molecule has 1 fully saturated rings. The maximum absolute atomic E-state index is 12.3. The molecule has 1 aromatic carbocycles. The number of carbonyl (C=O) groups is 1. The first-order chi connectivity index (χ1) is 13.6. The highest BCUT2D eigenvalue weighted by Crippen LogP contribution is 2.22. The number of fused-ring (bicyclic) bond motifs is 1. The normalized spacial score (nSPS) is 16.7. The van der Waals surface area contributed by atoms with Gasteiger partial charge in [-0.05, 0) is 30.0 Å². The average Bonchev–Trinajstić information content (AvgIpc) is 3.35. The molecule has 1 aliphatic heterocycles. The number of rotatable bonds is 6. The molecule has 2 aromatic heterocycles. The Hall–Kier alpha value is -3.16. The molecule has 0 saturated carbocycles. The molecule has 1 N–H and O–H groups in total. The summed E-state index contributed by atoms with van der Waals surface area (Å²) in [5, 5.41) is 11.1. The predicted octanol–water partition coefficient (Wildman–Crippen LogP) is 2.02. The molecular weight excluding hydrogens is 356 g/mol. The number of hydrogen-bond acceptors (Lipinski definition) is 6.